The molecule has 1 radical (unpaired) electrons. The third-order valence-corrected chi connectivity index (χ3v) is 15.1. The van der Waals surface area contributed by atoms with Crippen molar-refractivity contribution in [2.24, 2.45) is 11.8 Å². The fraction of sp³-hybridized carbons (Fsp3) is 0.537. The van der Waals surface area contributed by atoms with Gasteiger partial charge in [-0.15, -0.1) is 40.5 Å². The minimum Gasteiger partial charge on any atom is -0.512 e. The first-order valence-electron chi connectivity index (χ1n) is 22.3. The number of aliphatic hydroxyl groups is 1. The van der Waals surface area contributed by atoms with Gasteiger partial charge in [-0.1, -0.05) is 139 Å². The van der Waals surface area contributed by atoms with Gasteiger partial charge < -0.3 is 5.11 Å². The van der Waals surface area contributed by atoms with Gasteiger partial charge in [0, 0.05) is 58.9 Å². The van der Waals surface area contributed by atoms with Crippen LogP contribution in [0.4, 0.5) is 0 Å². The van der Waals surface area contributed by atoms with E-state index in [1.165, 1.54) is 37.7 Å². The zero-order valence-corrected chi connectivity index (χ0v) is 42.7. The number of aliphatic hydroxyl groups excluding tert-OH is 1. The van der Waals surface area contributed by atoms with Gasteiger partial charge in [-0.25, -0.2) is 4.98 Å². The molecule has 0 atom stereocenters. The predicted octanol–water partition coefficient (Wildman–Crippen LogP) is 15.4. The van der Waals surface area contributed by atoms with Crippen molar-refractivity contribution in [1.82, 2.24) is 9.97 Å². The van der Waals surface area contributed by atoms with Gasteiger partial charge in [0.25, 0.3) is 0 Å². The summed E-state index contributed by atoms with van der Waals surface area (Å²) in [5.41, 5.74) is 13.8. The maximum atomic E-state index is 11.7. The Kier molecular flexibility index (Phi) is 13.7. The number of hydrogen-bond donors (Lipinski definition) is 1. The van der Waals surface area contributed by atoms with E-state index in [1.54, 1.807) is 28.6 Å². The monoisotopic (exact) mass is 1000 g/mol. The number of aryl methyl sites for hydroxylation is 1. The number of hydrogen-bond acceptors (Lipinski definition) is 5. The Morgan fingerprint density at radius 1 is 0.817 bits per heavy atom. The zero-order chi connectivity index (χ0) is 43.6. The van der Waals surface area contributed by atoms with E-state index in [4.69, 9.17) is 9.97 Å². The average Bonchev–Trinajstić information content (AvgIpc) is 3.66. The van der Waals surface area contributed by atoms with Gasteiger partial charge in [0.15, 0.2) is 5.78 Å². The number of aromatic nitrogens is 2. The fourth-order valence-corrected chi connectivity index (χ4v) is 12.5. The summed E-state index contributed by atoms with van der Waals surface area (Å²) in [6.07, 6.45) is 8.98. The Morgan fingerprint density at radius 3 is 1.87 bits per heavy atom. The first-order chi connectivity index (χ1) is 27.4. The molecule has 0 saturated carbocycles. The maximum absolute atomic E-state index is 11.7. The zero-order valence-electron chi connectivity index (χ0n) is 39.5. The van der Waals surface area contributed by atoms with Crippen LogP contribution in [0.3, 0.4) is 0 Å². The summed E-state index contributed by atoms with van der Waals surface area (Å²) >= 11 is 1.91. The van der Waals surface area contributed by atoms with Crippen LogP contribution in [0.1, 0.15) is 176 Å². The topological polar surface area (TPSA) is 63.1 Å². The third-order valence-electron chi connectivity index (χ3n) is 13.8. The normalized spacial score (nSPS) is 17.4. The molecule has 0 fully saturated rings. The van der Waals surface area contributed by atoms with Crippen molar-refractivity contribution in [2.75, 3.05) is 0 Å². The SMILES string of the molecule is CCC(CC)C(=O)/C=C(\O)C(CC)CC.Cc1c(-c2c3c(cc4c2C(C)(C)CC4(C)C)C(C)(C)CC3(C)C)sc2c(-c3[c-]c4ccccc4c(C(C)(C)C)c3)ncnc12.[Ir]. The van der Waals surface area contributed by atoms with Crippen LogP contribution >= 0.6 is 11.3 Å². The van der Waals surface area contributed by atoms with Crippen LogP contribution in [0.5, 0.6) is 0 Å². The molecule has 4 nitrogen and oxygen atoms in total. The maximum Gasteiger partial charge on any atom is 0.162 e. The number of rotatable bonds is 9. The van der Waals surface area contributed by atoms with E-state index in [9.17, 15) is 9.90 Å². The molecule has 0 bridgehead atoms. The quantitative estimate of drug-likeness (QED) is 0.0908. The Labute approximate surface area is 379 Å². The molecule has 2 aliphatic carbocycles. The summed E-state index contributed by atoms with van der Waals surface area (Å²) in [4.78, 5) is 23.0. The number of benzene rings is 3. The molecule has 2 aliphatic rings. The number of thiophene rings is 1. The smallest absolute Gasteiger partial charge is 0.162 e. The van der Waals surface area contributed by atoms with Gasteiger partial charge in [0.1, 0.15) is 6.33 Å². The molecule has 0 saturated heterocycles. The van der Waals surface area contributed by atoms with Crippen molar-refractivity contribution in [2.45, 2.75) is 176 Å². The number of allylic oxidation sites excluding steroid dienone is 2. The Bertz CT molecular complexity index is 2380. The van der Waals surface area contributed by atoms with Crippen LogP contribution in [0.15, 0.2) is 54.6 Å². The molecular formula is C54H71IrN2O2S-. The standard InChI is InChI=1S/C41H47N2S.C13H24O2.Ir/c1-23-33-36(34(43-22-42-33)25-17-24-15-13-14-16-26(24)27(18-25)37(2,3)4)44-35(23)30-31-28(38(5,6)20-40(31,9)10)19-29-32(30)41(11,12)21-39(29,7)8;1-5-10(6-2)12(14)9-13(15)11(7-3)8-4;/h13-16,18-19,22H,20-21H2,1-12H3;9-11,14H,5-8H2,1-4H3;/q-1;;/b;12-9-;. The van der Waals surface area contributed by atoms with Crippen LogP contribution < -0.4 is 0 Å². The number of fused-ring (bicyclic) bond motifs is 4. The summed E-state index contributed by atoms with van der Waals surface area (Å²) in [5.74, 6) is 0.547. The summed E-state index contributed by atoms with van der Waals surface area (Å²) in [5, 5.41) is 12.2. The summed E-state index contributed by atoms with van der Waals surface area (Å²) in [6.45, 7) is 36.9. The summed E-state index contributed by atoms with van der Waals surface area (Å²) in [6, 6.07) is 17.4. The van der Waals surface area contributed by atoms with Crippen LogP contribution in [-0.4, -0.2) is 20.9 Å². The Hall–Kier alpha value is -3.18. The minimum atomic E-state index is -0.00591. The molecule has 0 aliphatic heterocycles. The molecule has 3 aromatic carbocycles. The molecule has 60 heavy (non-hydrogen) atoms. The minimum absolute atomic E-state index is 0. The van der Waals surface area contributed by atoms with Crippen molar-refractivity contribution < 1.29 is 30.0 Å². The molecule has 2 aromatic heterocycles. The van der Waals surface area contributed by atoms with Crippen molar-refractivity contribution in [3.05, 3.63) is 94.0 Å². The molecule has 0 spiro atoms. The largest absolute Gasteiger partial charge is 0.512 e. The van der Waals surface area contributed by atoms with Gasteiger partial charge in [0.2, 0.25) is 0 Å². The van der Waals surface area contributed by atoms with E-state index in [0.717, 1.165) is 60.7 Å². The van der Waals surface area contributed by atoms with Crippen molar-refractivity contribution >= 4 is 38.1 Å². The molecule has 0 amide bonds. The number of nitrogens with zero attached hydrogens (tertiary/aromatic N) is 2. The summed E-state index contributed by atoms with van der Waals surface area (Å²) < 4.78 is 1.17. The Morgan fingerprint density at radius 2 is 1.35 bits per heavy atom. The van der Waals surface area contributed by atoms with Crippen LogP contribution in [-0.2, 0) is 52.0 Å². The van der Waals surface area contributed by atoms with E-state index < -0.39 is 0 Å². The van der Waals surface area contributed by atoms with Gasteiger partial charge in [-0.3, -0.25) is 9.78 Å². The van der Waals surface area contributed by atoms with Gasteiger partial charge >= 0.3 is 0 Å². The van der Waals surface area contributed by atoms with E-state index >= 15 is 0 Å². The van der Waals surface area contributed by atoms with Gasteiger partial charge in [-0.2, -0.15) is 0 Å². The van der Waals surface area contributed by atoms with Gasteiger partial charge in [0.05, 0.1) is 11.3 Å². The third kappa shape index (κ3) is 8.61. The fourth-order valence-electron chi connectivity index (χ4n) is 11.2. The van der Waals surface area contributed by atoms with E-state index in [0.29, 0.717) is 0 Å². The summed E-state index contributed by atoms with van der Waals surface area (Å²) in [7, 11) is 0. The molecule has 325 valence electrons. The van der Waals surface area contributed by atoms with Crippen LogP contribution in [0, 0.1) is 24.8 Å². The van der Waals surface area contributed by atoms with E-state index in [2.05, 4.69) is 126 Å². The molecule has 6 heteroatoms. The second-order valence-electron chi connectivity index (χ2n) is 21.3. The second-order valence-corrected chi connectivity index (χ2v) is 22.4. The van der Waals surface area contributed by atoms with Crippen molar-refractivity contribution in [1.29, 1.82) is 0 Å². The first-order valence-corrected chi connectivity index (χ1v) is 23.1. The number of carbonyl (C=O) groups is 1. The first kappa shape index (κ1) is 47.9. The molecule has 0 unspecified atom stereocenters. The molecule has 1 N–H and O–H groups in total. The van der Waals surface area contributed by atoms with Crippen molar-refractivity contribution in [3.63, 3.8) is 0 Å². The second kappa shape index (κ2) is 17.2. The van der Waals surface area contributed by atoms with Crippen LogP contribution in [0.25, 0.3) is 42.7 Å². The Balaban J connectivity index is 0.000000367. The average molecular weight is 1000 g/mol. The predicted molar refractivity (Wildman–Crippen MR) is 253 cm³/mol. The molecule has 7 rings (SSSR count). The van der Waals surface area contributed by atoms with E-state index in [-0.39, 0.29) is 70.6 Å². The van der Waals surface area contributed by atoms with Crippen LogP contribution in [0.2, 0.25) is 0 Å². The van der Waals surface area contributed by atoms with Gasteiger partial charge in [-0.05, 0) is 100 Å². The van der Waals surface area contributed by atoms with E-state index in [1.807, 2.05) is 39.0 Å². The molecule has 5 aromatic rings. The molecular weight excluding hydrogens is 933 g/mol. The number of ketones is 1. The van der Waals surface area contributed by atoms with Crippen molar-refractivity contribution in [3.8, 4) is 21.7 Å². The molecule has 2 heterocycles. The number of carbonyl (C=O) groups excluding carboxylic acids is 1.